The number of benzene rings is 2. The first-order valence-electron chi connectivity index (χ1n) is 14.0. The van der Waals surface area contributed by atoms with E-state index in [1.807, 2.05) is 60.8 Å². The number of methoxy groups -OCH3 is 1. The van der Waals surface area contributed by atoms with Crippen LogP contribution in [0.15, 0.2) is 67.4 Å². The number of nitrogens with one attached hydrogen (secondary N) is 1. The zero-order valence-electron chi connectivity index (χ0n) is 24.7. The fourth-order valence-electron chi connectivity index (χ4n) is 5.10. The molecule has 0 aliphatic carbocycles. The minimum Gasteiger partial charge on any atom is -0.497 e. The van der Waals surface area contributed by atoms with Gasteiger partial charge in [0.1, 0.15) is 17.6 Å². The number of nitrogens with zero attached hydrogens (tertiary/aromatic N) is 6. The summed E-state index contributed by atoms with van der Waals surface area (Å²) in [5.41, 5.74) is 11.1. The number of rotatable bonds is 9. The third-order valence-electron chi connectivity index (χ3n) is 7.58. The first kappa shape index (κ1) is 28.8. The molecular formula is C32H38N8O2. The molecule has 1 fully saturated rings. The fraction of sp³-hybridized carbons (Fsp3) is 0.312. The van der Waals surface area contributed by atoms with E-state index in [0.717, 1.165) is 71.0 Å². The van der Waals surface area contributed by atoms with Crippen molar-refractivity contribution in [3.05, 3.63) is 78.5 Å². The lowest BCUT2D eigenvalue weighted by Crippen LogP contribution is -2.45. The zero-order valence-corrected chi connectivity index (χ0v) is 24.7. The van der Waals surface area contributed by atoms with Crippen LogP contribution in [-0.2, 0) is 11.2 Å². The number of hydrogen-bond donors (Lipinski definition) is 2. The van der Waals surface area contributed by atoms with E-state index in [9.17, 15) is 4.79 Å². The molecule has 3 N–H and O–H groups in total. The highest BCUT2D eigenvalue weighted by atomic mass is 16.5. The number of anilines is 2. The van der Waals surface area contributed by atoms with Crippen molar-refractivity contribution in [3.63, 3.8) is 0 Å². The molecule has 1 saturated heterocycles. The Morgan fingerprint density at radius 2 is 1.81 bits per heavy atom. The van der Waals surface area contributed by atoms with Crippen molar-refractivity contribution in [1.82, 2.24) is 30.1 Å². The van der Waals surface area contributed by atoms with E-state index in [1.165, 1.54) is 0 Å². The van der Waals surface area contributed by atoms with Crippen LogP contribution in [0.2, 0.25) is 0 Å². The van der Waals surface area contributed by atoms with Crippen LogP contribution in [0.25, 0.3) is 27.9 Å². The highest BCUT2D eigenvalue weighted by Gasteiger charge is 2.23. The number of nitrogen functional groups attached to an aromatic ring is 1. The molecule has 218 valence electrons. The summed E-state index contributed by atoms with van der Waals surface area (Å²) in [6.07, 6.45) is 2.26. The summed E-state index contributed by atoms with van der Waals surface area (Å²) in [6.45, 7) is 7.95. The van der Waals surface area contributed by atoms with Crippen LogP contribution in [0.5, 0.6) is 5.75 Å². The fourth-order valence-corrected chi connectivity index (χ4v) is 5.10. The Bertz CT molecular complexity index is 1560. The van der Waals surface area contributed by atoms with Gasteiger partial charge in [0.15, 0.2) is 0 Å². The Morgan fingerprint density at radius 3 is 2.45 bits per heavy atom. The molecule has 42 heavy (non-hydrogen) atoms. The Morgan fingerprint density at radius 1 is 1.07 bits per heavy atom. The van der Waals surface area contributed by atoms with Crippen molar-refractivity contribution in [3.8, 4) is 17.0 Å². The second-order valence-electron chi connectivity index (χ2n) is 10.8. The molecule has 2 aromatic carbocycles. The van der Waals surface area contributed by atoms with Crippen molar-refractivity contribution in [2.45, 2.75) is 12.5 Å². The first-order valence-corrected chi connectivity index (χ1v) is 14.0. The third kappa shape index (κ3) is 6.44. The summed E-state index contributed by atoms with van der Waals surface area (Å²) < 4.78 is 5.25. The smallest absolute Gasteiger partial charge is 0.244 e. The number of fused-ring (bicyclic) bond motifs is 1. The van der Waals surface area contributed by atoms with Crippen molar-refractivity contribution in [2.75, 3.05) is 65.1 Å². The molecule has 1 atom stereocenters. The van der Waals surface area contributed by atoms with Gasteiger partial charge in [-0.2, -0.15) is 4.98 Å². The van der Waals surface area contributed by atoms with E-state index in [4.69, 9.17) is 10.5 Å². The molecular weight excluding hydrogens is 528 g/mol. The van der Waals surface area contributed by atoms with E-state index in [2.05, 4.69) is 43.7 Å². The number of likely N-dealkylation sites (N-methyl/N-ethyl adjacent to an activating group) is 2. The van der Waals surface area contributed by atoms with Gasteiger partial charge in [0.25, 0.3) is 0 Å². The molecule has 1 unspecified atom stereocenters. The SMILES string of the molecule is C=C(NC(Cc1ccc(-c2ccc(OC)cc2)nc1)C(=O)N(C)C)c1ccc2c(N3CCN(C)CC3)nc(N)nc2c1. The normalized spacial score (nSPS) is 14.4. The van der Waals surface area contributed by atoms with Gasteiger partial charge < -0.3 is 30.5 Å². The number of ether oxygens (including phenoxy) is 1. The lowest BCUT2D eigenvalue weighted by molar-refractivity contribution is -0.130. The van der Waals surface area contributed by atoms with Gasteiger partial charge in [0.05, 0.1) is 18.3 Å². The van der Waals surface area contributed by atoms with Crippen molar-refractivity contribution < 1.29 is 9.53 Å². The van der Waals surface area contributed by atoms with Gasteiger partial charge in [-0.3, -0.25) is 9.78 Å². The van der Waals surface area contributed by atoms with Gasteiger partial charge in [-0.15, -0.1) is 0 Å². The summed E-state index contributed by atoms with van der Waals surface area (Å²) in [7, 11) is 7.27. The van der Waals surface area contributed by atoms with Crippen LogP contribution < -0.4 is 20.7 Å². The molecule has 0 saturated carbocycles. The van der Waals surface area contributed by atoms with E-state index >= 15 is 0 Å². The molecule has 1 amide bonds. The minimum atomic E-state index is -0.534. The average molecular weight is 567 g/mol. The summed E-state index contributed by atoms with van der Waals surface area (Å²) in [6, 6.07) is 17.1. The largest absolute Gasteiger partial charge is 0.497 e. The van der Waals surface area contributed by atoms with Crippen molar-refractivity contribution in [2.24, 2.45) is 0 Å². The van der Waals surface area contributed by atoms with E-state index in [1.54, 1.807) is 26.1 Å². The Balaban J connectivity index is 1.34. The van der Waals surface area contributed by atoms with Crippen LogP contribution in [0.4, 0.5) is 11.8 Å². The molecule has 3 heterocycles. The molecule has 1 aliphatic heterocycles. The van der Waals surface area contributed by atoms with Gasteiger partial charge in [-0.25, -0.2) is 4.98 Å². The lowest BCUT2D eigenvalue weighted by Gasteiger charge is -2.33. The zero-order chi connectivity index (χ0) is 29.8. The Labute approximate surface area is 246 Å². The van der Waals surface area contributed by atoms with Crippen LogP contribution in [0.3, 0.4) is 0 Å². The number of hydrogen-bond acceptors (Lipinski definition) is 9. The quantitative estimate of drug-likeness (QED) is 0.315. The number of nitrogens with two attached hydrogens (primary N) is 1. The first-order chi connectivity index (χ1) is 20.2. The number of carbonyl (C=O) groups is 1. The van der Waals surface area contributed by atoms with Crippen LogP contribution in [0, 0.1) is 0 Å². The summed E-state index contributed by atoms with van der Waals surface area (Å²) >= 11 is 0. The summed E-state index contributed by atoms with van der Waals surface area (Å²) in [5, 5.41) is 4.31. The van der Waals surface area contributed by atoms with Gasteiger partial charge in [-0.05, 0) is 60.6 Å². The highest BCUT2D eigenvalue weighted by molar-refractivity contribution is 5.93. The Kier molecular flexibility index (Phi) is 8.53. The minimum absolute atomic E-state index is 0.0555. The number of piperazine rings is 1. The lowest BCUT2D eigenvalue weighted by atomic mass is 10.0. The van der Waals surface area contributed by atoms with E-state index in [0.29, 0.717) is 12.1 Å². The third-order valence-corrected chi connectivity index (χ3v) is 7.58. The maximum atomic E-state index is 13.2. The van der Waals surface area contributed by atoms with Crippen LogP contribution in [-0.4, -0.2) is 91.1 Å². The standard InChI is InChI=1S/C32H38N8O2/c1-21(24-9-12-26-28(19-24)36-32(33)37-30(26)40-16-14-39(4)15-17-40)35-29(31(41)38(2)3)18-22-6-13-27(34-20-22)23-7-10-25(42-5)11-8-23/h6-13,19-20,29,35H,1,14-18H2,2-5H3,(H2,33,36,37). The van der Waals surface area contributed by atoms with Crippen molar-refractivity contribution in [1.29, 1.82) is 0 Å². The van der Waals surface area contributed by atoms with Gasteiger partial charge in [0.2, 0.25) is 11.9 Å². The molecule has 10 nitrogen and oxygen atoms in total. The van der Waals surface area contributed by atoms with E-state index in [-0.39, 0.29) is 11.9 Å². The Hall–Kier alpha value is -4.70. The molecule has 4 aromatic rings. The van der Waals surface area contributed by atoms with Gasteiger partial charge >= 0.3 is 0 Å². The van der Waals surface area contributed by atoms with Crippen molar-refractivity contribution >= 4 is 34.3 Å². The second kappa shape index (κ2) is 12.4. The van der Waals surface area contributed by atoms with Gasteiger partial charge in [0, 0.05) is 69.5 Å². The van der Waals surface area contributed by atoms with E-state index < -0.39 is 6.04 Å². The molecule has 0 bridgehead atoms. The van der Waals surface area contributed by atoms with Crippen LogP contribution >= 0.6 is 0 Å². The number of amides is 1. The topological polar surface area (TPSA) is 113 Å². The maximum Gasteiger partial charge on any atom is 0.244 e. The molecule has 5 rings (SSSR count). The molecule has 0 spiro atoms. The number of aromatic nitrogens is 3. The molecule has 10 heteroatoms. The van der Waals surface area contributed by atoms with Crippen LogP contribution in [0.1, 0.15) is 11.1 Å². The molecule has 2 aromatic heterocycles. The molecule has 0 radical (unpaired) electrons. The second-order valence-corrected chi connectivity index (χ2v) is 10.8. The number of carbonyl (C=O) groups excluding carboxylic acids is 1. The maximum absolute atomic E-state index is 13.2. The summed E-state index contributed by atoms with van der Waals surface area (Å²) in [4.78, 5) is 33.1. The average Bonchev–Trinajstić information content (AvgIpc) is 3.00. The summed E-state index contributed by atoms with van der Waals surface area (Å²) in [5.74, 6) is 1.82. The highest BCUT2D eigenvalue weighted by Crippen LogP contribution is 2.28. The monoisotopic (exact) mass is 566 g/mol. The predicted molar refractivity (Wildman–Crippen MR) is 168 cm³/mol. The molecule has 1 aliphatic rings. The predicted octanol–water partition coefficient (Wildman–Crippen LogP) is 3.29. The number of pyridine rings is 1. The van der Waals surface area contributed by atoms with Gasteiger partial charge in [-0.1, -0.05) is 18.7 Å².